The number of carbonyl (C=O) groups is 1. The number of aryl methyl sites for hydroxylation is 2. The zero-order valence-corrected chi connectivity index (χ0v) is 15.4. The molecule has 2 aromatic heterocycles. The van der Waals surface area contributed by atoms with Gasteiger partial charge in [0.1, 0.15) is 11.5 Å². The fourth-order valence-corrected chi connectivity index (χ4v) is 2.99. The van der Waals surface area contributed by atoms with Crippen molar-refractivity contribution in [2.45, 2.75) is 33.9 Å². The lowest BCUT2D eigenvalue weighted by Crippen LogP contribution is -2.27. The molecule has 0 radical (unpaired) electrons. The summed E-state index contributed by atoms with van der Waals surface area (Å²) in [6.07, 6.45) is 0. The zero-order chi connectivity index (χ0) is 18.8. The predicted molar refractivity (Wildman–Crippen MR) is 97.2 cm³/mol. The molecule has 0 saturated carbocycles. The summed E-state index contributed by atoms with van der Waals surface area (Å²) < 4.78 is 15.0. The number of carbonyl (C=O) groups excluding carboxylic acids is 1. The van der Waals surface area contributed by atoms with Crippen LogP contribution in [0, 0.1) is 19.7 Å². The van der Waals surface area contributed by atoms with Crippen molar-refractivity contribution in [1.29, 1.82) is 0 Å². The van der Waals surface area contributed by atoms with Crippen LogP contribution in [0.1, 0.15) is 34.4 Å². The monoisotopic (exact) mass is 355 g/mol. The van der Waals surface area contributed by atoms with Crippen LogP contribution in [-0.4, -0.2) is 37.8 Å². The lowest BCUT2D eigenvalue weighted by molar-refractivity contribution is 0.0779. The lowest BCUT2D eigenvalue weighted by Gasteiger charge is -2.16. The van der Waals surface area contributed by atoms with Crippen molar-refractivity contribution in [2.75, 3.05) is 7.05 Å². The Labute approximate surface area is 151 Å². The zero-order valence-electron chi connectivity index (χ0n) is 15.4. The molecule has 1 N–H and O–H groups in total. The molecule has 0 unspecified atom stereocenters. The predicted octanol–water partition coefficient (Wildman–Crippen LogP) is 3.32. The minimum absolute atomic E-state index is 0.158. The van der Waals surface area contributed by atoms with E-state index in [1.54, 1.807) is 30.1 Å². The molecule has 0 aliphatic rings. The van der Waals surface area contributed by atoms with E-state index >= 15 is 0 Å². The summed E-state index contributed by atoms with van der Waals surface area (Å²) >= 11 is 0. The van der Waals surface area contributed by atoms with Gasteiger partial charge in [0.25, 0.3) is 5.91 Å². The first-order valence-electron chi connectivity index (χ1n) is 8.50. The third-order valence-corrected chi connectivity index (χ3v) is 4.52. The van der Waals surface area contributed by atoms with Gasteiger partial charge in [0.05, 0.1) is 11.4 Å². The van der Waals surface area contributed by atoms with Crippen molar-refractivity contribution in [3.8, 4) is 11.3 Å². The number of amides is 1. The molecule has 7 heteroatoms. The van der Waals surface area contributed by atoms with Crippen LogP contribution in [0.15, 0.2) is 30.3 Å². The standard InChI is InChI=1S/C19H22FN5O/c1-5-25-13(3)16(12(2)23-25)11-24(4)19(26)18-10-17(21-22-18)14-6-8-15(20)9-7-14/h6-10H,5,11H2,1-4H3,(H,21,22). The van der Waals surface area contributed by atoms with Gasteiger partial charge < -0.3 is 4.90 Å². The maximum atomic E-state index is 13.0. The van der Waals surface area contributed by atoms with E-state index < -0.39 is 0 Å². The number of H-pyrrole nitrogens is 1. The largest absolute Gasteiger partial charge is 0.336 e. The Kier molecular flexibility index (Phi) is 4.88. The summed E-state index contributed by atoms with van der Waals surface area (Å²) in [7, 11) is 1.75. The highest BCUT2D eigenvalue weighted by Gasteiger charge is 2.19. The van der Waals surface area contributed by atoms with E-state index in [9.17, 15) is 9.18 Å². The molecule has 0 spiro atoms. The minimum atomic E-state index is -0.307. The number of hydrogen-bond donors (Lipinski definition) is 1. The molecule has 3 rings (SSSR count). The van der Waals surface area contributed by atoms with E-state index in [4.69, 9.17) is 0 Å². The summed E-state index contributed by atoms with van der Waals surface area (Å²) in [4.78, 5) is 14.4. The molecule has 3 aromatic rings. The Morgan fingerprint density at radius 3 is 2.58 bits per heavy atom. The molecular weight excluding hydrogens is 333 g/mol. The summed E-state index contributed by atoms with van der Waals surface area (Å²) in [6.45, 7) is 7.28. The van der Waals surface area contributed by atoms with E-state index in [0.29, 0.717) is 17.9 Å². The average molecular weight is 355 g/mol. The Morgan fingerprint density at radius 2 is 1.96 bits per heavy atom. The van der Waals surface area contributed by atoms with Crippen molar-refractivity contribution in [3.05, 3.63) is 58.8 Å². The quantitative estimate of drug-likeness (QED) is 0.763. The van der Waals surface area contributed by atoms with Crippen LogP contribution in [0.2, 0.25) is 0 Å². The second-order valence-corrected chi connectivity index (χ2v) is 6.30. The second-order valence-electron chi connectivity index (χ2n) is 6.30. The molecule has 0 fully saturated rings. The number of benzene rings is 1. The van der Waals surface area contributed by atoms with E-state index in [0.717, 1.165) is 29.1 Å². The Balaban J connectivity index is 1.77. The van der Waals surface area contributed by atoms with Gasteiger partial charge in [-0.25, -0.2) is 4.39 Å². The molecular formula is C19H22FN5O. The molecule has 0 bridgehead atoms. The van der Waals surface area contributed by atoms with E-state index in [-0.39, 0.29) is 11.7 Å². The first-order valence-corrected chi connectivity index (χ1v) is 8.50. The third-order valence-electron chi connectivity index (χ3n) is 4.52. The van der Waals surface area contributed by atoms with Crippen molar-refractivity contribution in [2.24, 2.45) is 0 Å². The maximum Gasteiger partial charge on any atom is 0.271 e. The van der Waals surface area contributed by atoms with Crippen LogP contribution in [0.3, 0.4) is 0 Å². The topological polar surface area (TPSA) is 66.8 Å². The van der Waals surface area contributed by atoms with Gasteiger partial charge in [-0.2, -0.15) is 10.2 Å². The van der Waals surface area contributed by atoms with Crippen molar-refractivity contribution in [3.63, 3.8) is 0 Å². The second kappa shape index (κ2) is 7.11. The summed E-state index contributed by atoms with van der Waals surface area (Å²) in [5.74, 6) is -0.465. The van der Waals surface area contributed by atoms with E-state index in [1.807, 2.05) is 25.5 Å². The molecule has 26 heavy (non-hydrogen) atoms. The van der Waals surface area contributed by atoms with E-state index in [1.165, 1.54) is 12.1 Å². The van der Waals surface area contributed by atoms with Gasteiger partial charge in [-0.05, 0) is 51.1 Å². The van der Waals surface area contributed by atoms with Crippen LogP contribution in [0.25, 0.3) is 11.3 Å². The fraction of sp³-hybridized carbons (Fsp3) is 0.316. The molecule has 136 valence electrons. The Morgan fingerprint density at radius 1 is 1.27 bits per heavy atom. The van der Waals surface area contributed by atoms with Crippen LogP contribution in [0.5, 0.6) is 0 Å². The van der Waals surface area contributed by atoms with Crippen LogP contribution in [0.4, 0.5) is 4.39 Å². The van der Waals surface area contributed by atoms with Gasteiger partial charge in [-0.15, -0.1) is 0 Å². The minimum Gasteiger partial charge on any atom is -0.336 e. The SMILES string of the molecule is CCn1nc(C)c(CN(C)C(=O)c2cc(-c3ccc(F)cc3)n[nH]2)c1C. The number of nitrogens with one attached hydrogen (secondary N) is 1. The normalized spacial score (nSPS) is 11.0. The summed E-state index contributed by atoms with van der Waals surface area (Å²) in [5.41, 5.74) is 4.81. The molecule has 6 nitrogen and oxygen atoms in total. The summed E-state index contributed by atoms with van der Waals surface area (Å²) in [6, 6.07) is 7.69. The number of halogens is 1. The smallest absolute Gasteiger partial charge is 0.271 e. The molecule has 1 amide bonds. The van der Waals surface area contributed by atoms with Gasteiger partial charge >= 0.3 is 0 Å². The molecule has 1 aromatic carbocycles. The van der Waals surface area contributed by atoms with Crippen molar-refractivity contribution < 1.29 is 9.18 Å². The van der Waals surface area contributed by atoms with Crippen LogP contribution < -0.4 is 0 Å². The highest BCUT2D eigenvalue weighted by molar-refractivity contribution is 5.93. The number of rotatable bonds is 5. The maximum absolute atomic E-state index is 13.0. The molecule has 0 atom stereocenters. The molecule has 0 saturated heterocycles. The number of nitrogens with zero attached hydrogens (tertiary/aromatic N) is 4. The van der Waals surface area contributed by atoms with Crippen LogP contribution >= 0.6 is 0 Å². The fourth-order valence-electron chi connectivity index (χ4n) is 2.99. The first-order chi connectivity index (χ1) is 12.4. The average Bonchev–Trinajstić information content (AvgIpc) is 3.22. The highest BCUT2D eigenvalue weighted by atomic mass is 19.1. The number of hydrogen-bond acceptors (Lipinski definition) is 3. The first kappa shape index (κ1) is 17.8. The third kappa shape index (κ3) is 3.37. The summed E-state index contributed by atoms with van der Waals surface area (Å²) in [5, 5.41) is 11.4. The lowest BCUT2D eigenvalue weighted by atomic mass is 10.1. The van der Waals surface area contributed by atoms with Gasteiger partial charge in [-0.3, -0.25) is 14.6 Å². The van der Waals surface area contributed by atoms with Crippen LogP contribution in [-0.2, 0) is 13.1 Å². The Hall–Kier alpha value is -2.96. The number of aromatic nitrogens is 4. The highest BCUT2D eigenvalue weighted by Crippen LogP contribution is 2.20. The van der Waals surface area contributed by atoms with E-state index in [2.05, 4.69) is 15.3 Å². The van der Waals surface area contributed by atoms with Crippen molar-refractivity contribution >= 4 is 5.91 Å². The van der Waals surface area contributed by atoms with Gasteiger partial charge in [0, 0.05) is 37.0 Å². The molecule has 2 heterocycles. The Bertz CT molecular complexity index is 926. The number of aromatic amines is 1. The van der Waals surface area contributed by atoms with Crippen molar-refractivity contribution in [1.82, 2.24) is 24.9 Å². The van der Waals surface area contributed by atoms with Gasteiger partial charge in [0.15, 0.2) is 0 Å². The van der Waals surface area contributed by atoms with Gasteiger partial charge in [0.2, 0.25) is 0 Å². The van der Waals surface area contributed by atoms with Gasteiger partial charge in [-0.1, -0.05) is 0 Å². The molecule has 0 aliphatic carbocycles. The molecule has 0 aliphatic heterocycles.